The number of hydrogen-bond donors (Lipinski definition) is 0. The zero-order valence-corrected chi connectivity index (χ0v) is 10.4. The van der Waals surface area contributed by atoms with Crippen molar-refractivity contribution in [1.29, 1.82) is 0 Å². The van der Waals surface area contributed by atoms with Gasteiger partial charge in [-0.05, 0) is 29.6 Å². The highest BCUT2D eigenvalue weighted by Gasteiger charge is 2.27. The van der Waals surface area contributed by atoms with Crippen LogP contribution in [0.25, 0.3) is 16.3 Å². The molecule has 0 radical (unpaired) electrons. The highest BCUT2D eigenvalue weighted by Crippen LogP contribution is 2.21. The lowest BCUT2D eigenvalue weighted by Gasteiger charge is -2.02. The van der Waals surface area contributed by atoms with E-state index in [-0.39, 0.29) is 0 Å². The van der Waals surface area contributed by atoms with Crippen molar-refractivity contribution in [2.24, 2.45) is 4.99 Å². The summed E-state index contributed by atoms with van der Waals surface area (Å²) in [7, 11) is 0. The maximum absolute atomic E-state index is 4.72. The maximum Gasteiger partial charge on any atom is 0.271 e. The molecule has 0 aliphatic carbocycles. The third kappa shape index (κ3) is 1.09. The van der Waals surface area contributed by atoms with Crippen molar-refractivity contribution in [3.63, 3.8) is 0 Å². The lowest BCUT2D eigenvalue weighted by Crippen LogP contribution is -2.44. The van der Waals surface area contributed by atoms with Gasteiger partial charge in [-0.25, -0.2) is 0 Å². The van der Waals surface area contributed by atoms with Crippen molar-refractivity contribution < 1.29 is 4.57 Å². The molecule has 4 rings (SSSR count). The number of thioether (sulfide) groups is 1. The summed E-state index contributed by atoms with van der Waals surface area (Å²) in [5, 5.41) is 7.60. The highest BCUT2D eigenvalue weighted by molar-refractivity contribution is 7.99. The van der Waals surface area contributed by atoms with Gasteiger partial charge < -0.3 is 0 Å². The molecule has 2 aromatic rings. The summed E-state index contributed by atoms with van der Waals surface area (Å²) in [6.45, 7) is 2.10. The molecule has 0 bridgehead atoms. The molecule has 80 valence electrons. The van der Waals surface area contributed by atoms with Crippen LogP contribution in [-0.2, 0) is 6.54 Å². The first-order chi connectivity index (χ1) is 7.95. The normalized spacial score (nSPS) is 17.8. The van der Waals surface area contributed by atoms with Crippen molar-refractivity contribution in [1.82, 2.24) is 0 Å². The van der Waals surface area contributed by atoms with Crippen LogP contribution in [0.15, 0.2) is 21.5 Å². The number of nitrogens with zero attached hydrogens (tertiary/aromatic N) is 2. The molecule has 2 aliphatic heterocycles. The van der Waals surface area contributed by atoms with Gasteiger partial charge in [0.2, 0.25) is 0 Å². The lowest BCUT2D eigenvalue weighted by atomic mass is 10.2. The number of fused-ring (bicyclic) bond motifs is 6. The average molecular weight is 247 g/mol. The van der Waals surface area contributed by atoms with Gasteiger partial charge in [0, 0.05) is 6.54 Å². The molecule has 4 heteroatoms. The largest absolute Gasteiger partial charge is 0.283 e. The van der Waals surface area contributed by atoms with Crippen molar-refractivity contribution >= 4 is 39.4 Å². The molecular formula is C12H11N2S2+. The van der Waals surface area contributed by atoms with E-state index in [1.165, 1.54) is 31.6 Å². The molecular weight excluding hydrogens is 236 g/mol. The summed E-state index contributed by atoms with van der Waals surface area (Å²) in [4.78, 5) is 6.12. The molecule has 0 saturated heterocycles. The predicted octanol–water partition coefficient (Wildman–Crippen LogP) is 1.10. The Bertz CT molecular complexity index is 700. The molecule has 16 heavy (non-hydrogen) atoms. The second-order valence-electron chi connectivity index (χ2n) is 4.08. The van der Waals surface area contributed by atoms with Gasteiger partial charge in [0.25, 0.3) is 9.86 Å². The third-order valence-corrected chi connectivity index (χ3v) is 5.21. The van der Waals surface area contributed by atoms with Crippen LogP contribution in [-0.4, -0.2) is 12.3 Å². The van der Waals surface area contributed by atoms with E-state index in [1.54, 1.807) is 0 Å². The molecule has 0 atom stereocenters. The van der Waals surface area contributed by atoms with Crippen LogP contribution in [0.3, 0.4) is 0 Å². The van der Waals surface area contributed by atoms with Crippen LogP contribution in [0.5, 0.6) is 0 Å². The van der Waals surface area contributed by atoms with Gasteiger partial charge in [0.05, 0.1) is 21.7 Å². The van der Waals surface area contributed by atoms with Gasteiger partial charge in [-0.2, -0.15) is 4.57 Å². The lowest BCUT2D eigenvalue weighted by molar-refractivity contribution is -0.697. The van der Waals surface area contributed by atoms with Crippen LogP contribution in [0.2, 0.25) is 0 Å². The SMILES string of the molecule is C1=c2c3[n+](c4sccc4c2=NCC1)CCS3. The third-order valence-electron chi connectivity index (χ3n) is 3.18. The van der Waals surface area contributed by atoms with E-state index < -0.39 is 0 Å². The number of aromatic nitrogens is 1. The fraction of sp³-hybridized carbons (Fsp3) is 0.333. The molecule has 0 fully saturated rings. The Kier molecular flexibility index (Phi) is 1.90. The Hall–Kier alpha value is -0.870. The minimum absolute atomic E-state index is 0.950. The Morgan fingerprint density at radius 3 is 3.38 bits per heavy atom. The van der Waals surface area contributed by atoms with E-state index in [9.17, 15) is 0 Å². The first-order valence-electron chi connectivity index (χ1n) is 5.55. The molecule has 2 aliphatic rings. The minimum atomic E-state index is 0.950. The number of hydrogen-bond acceptors (Lipinski definition) is 3. The fourth-order valence-electron chi connectivity index (χ4n) is 2.51. The van der Waals surface area contributed by atoms with Crippen LogP contribution in [0.1, 0.15) is 6.42 Å². The van der Waals surface area contributed by atoms with Crippen molar-refractivity contribution in [3.8, 4) is 0 Å². The van der Waals surface area contributed by atoms with Gasteiger partial charge >= 0.3 is 0 Å². The molecule has 0 unspecified atom stereocenters. The van der Waals surface area contributed by atoms with Gasteiger partial charge in [-0.3, -0.25) is 4.99 Å². The van der Waals surface area contributed by atoms with Crippen molar-refractivity contribution in [3.05, 3.63) is 22.0 Å². The molecule has 0 aromatic carbocycles. The smallest absolute Gasteiger partial charge is 0.271 e. The van der Waals surface area contributed by atoms with Crippen LogP contribution >= 0.6 is 23.1 Å². The summed E-state index contributed by atoms with van der Waals surface area (Å²) < 4.78 is 2.47. The van der Waals surface area contributed by atoms with E-state index in [1.807, 2.05) is 23.1 Å². The summed E-state index contributed by atoms with van der Waals surface area (Å²) in [5.74, 6) is 1.21. The van der Waals surface area contributed by atoms with Crippen LogP contribution in [0, 0.1) is 0 Å². The van der Waals surface area contributed by atoms with Gasteiger partial charge in [0.15, 0.2) is 6.54 Å². The zero-order valence-electron chi connectivity index (χ0n) is 8.77. The first kappa shape index (κ1) is 9.19. The summed E-state index contributed by atoms with van der Waals surface area (Å²) in [6.07, 6.45) is 3.46. The van der Waals surface area contributed by atoms with E-state index >= 15 is 0 Å². The number of thiophene rings is 1. The van der Waals surface area contributed by atoms with E-state index in [2.05, 4.69) is 22.1 Å². The topological polar surface area (TPSA) is 16.2 Å². The molecule has 0 spiro atoms. The molecule has 0 amide bonds. The zero-order chi connectivity index (χ0) is 10.5. The minimum Gasteiger partial charge on any atom is -0.283 e. The molecule has 4 heterocycles. The van der Waals surface area contributed by atoms with Crippen molar-refractivity contribution in [2.45, 2.75) is 18.0 Å². The Balaban J connectivity index is 2.35. The van der Waals surface area contributed by atoms with E-state index in [0.717, 1.165) is 19.5 Å². The van der Waals surface area contributed by atoms with Crippen LogP contribution in [0.4, 0.5) is 0 Å². The average Bonchev–Trinajstić information content (AvgIpc) is 2.98. The fourth-order valence-corrected chi connectivity index (χ4v) is 4.64. The molecule has 2 aromatic heterocycles. The maximum atomic E-state index is 4.72. The predicted molar refractivity (Wildman–Crippen MR) is 67.5 cm³/mol. The molecule has 2 nitrogen and oxygen atoms in total. The van der Waals surface area contributed by atoms with Crippen molar-refractivity contribution in [2.75, 3.05) is 12.3 Å². The Morgan fingerprint density at radius 1 is 1.38 bits per heavy atom. The Morgan fingerprint density at radius 2 is 2.38 bits per heavy atom. The summed E-state index contributed by atoms with van der Waals surface area (Å²) in [6, 6.07) is 2.22. The van der Waals surface area contributed by atoms with Gasteiger partial charge in [-0.15, -0.1) is 0 Å². The van der Waals surface area contributed by atoms with Gasteiger partial charge in [-0.1, -0.05) is 17.4 Å². The standard InChI is InChI=1S/C12H11N2S2/c1-2-8-10(13-4-1)9-3-6-15-12(9)14-5-7-16-11(8)14/h2-3,6H,1,4-5,7H2/q+1. The monoisotopic (exact) mass is 247 g/mol. The summed E-state index contributed by atoms with van der Waals surface area (Å²) >= 11 is 3.82. The van der Waals surface area contributed by atoms with Crippen LogP contribution < -0.4 is 15.1 Å². The Labute approximate surface area is 101 Å². The number of rotatable bonds is 0. The molecule has 0 saturated carbocycles. The number of pyridine rings is 1. The van der Waals surface area contributed by atoms with Gasteiger partial charge in [0.1, 0.15) is 0 Å². The first-order valence-corrected chi connectivity index (χ1v) is 7.42. The van der Waals surface area contributed by atoms with E-state index in [0.29, 0.717) is 0 Å². The second kappa shape index (κ2) is 3.31. The number of aryl methyl sites for hydroxylation is 1. The van der Waals surface area contributed by atoms with E-state index in [4.69, 9.17) is 4.99 Å². The second-order valence-corrected chi connectivity index (χ2v) is 6.06. The molecule has 0 N–H and O–H groups in total. The quantitative estimate of drug-likeness (QED) is 0.637. The highest BCUT2D eigenvalue weighted by atomic mass is 32.2. The summed E-state index contributed by atoms with van der Waals surface area (Å²) in [5.41, 5.74) is 0.